The zero-order chi connectivity index (χ0) is 18.9. The van der Waals surface area contributed by atoms with Crippen LogP contribution in [-0.4, -0.2) is 18.6 Å². The summed E-state index contributed by atoms with van der Waals surface area (Å²) in [7, 11) is 0. The summed E-state index contributed by atoms with van der Waals surface area (Å²) in [6.07, 6.45) is 2.10. The summed E-state index contributed by atoms with van der Waals surface area (Å²) >= 11 is 0. The van der Waals surface area contributed by atoms with Crippen LogP contribution < -0.4 is 14.8 Å². The van der Waals surface area contributed by atoms with E-state index in [2.05, 4.69) is 26.1 Å². The zero-order valence-electron chi connectivity index (χ0n) is 16.1. The maximum atomic E-state index is 12.4. The Morgan fingerprint density at radius 1 is 1.04 bits per heavy atom. The first-order valence-electron chi connectivity index (χ1n) is 9.29. The van der Waals surface area contributed by atoms with Gasteiger partial charge in [0.1, 0.15) is 11.5 Å². The molecule has 140 valence electrons. The van der Waals surface area contributed by atoms with E-state index in [1.165, 1.54) is 0 Å². The first-order valence-corrected chi connectivity index (χ1v) is 9.29. The molecule has 0 saturated carbocycles. The minimum Gasteiger partial charge on any atom is -0.494 e. The Balaban J connectivity index is 1.94. The van der Waals surface area contributed by atoms with Gasteiger partial charge in [0.25, 0.3) is 5.91 Å². The summed E-state index contributed by atoms with van der Waals surface area (Å²) in [5.74, 6) is 1.99. The number of benzene rings is 2. The van der Waals surface area contributed by atoms with Crippen molar-refractivity contribution in [3.05, 3.63) is 54.1 Å². The highest BCUT2D eigenvalue weighted by atomic mass is 16.5. The molecule has 0 aliphatic heterocycles. The molecule has 1 atom stereocenters. The van der Waals surface area contributed by atoms with Gasteiger partial charge in [-0.25, -0.2) is 0 Å². The van der Waals surface area contributed by atoms with E-state index in [0.29, 0.717) is 18.1 Å². The number of amides is 1. The molecule has 0 spiro atoms. The van der Waals surface area contributed by atoms with Crippen molar-refractivity contribution in [1.29, 1.82) is 0 Å². The van der Waals surface area contributed by atoms with Crippen LogP contribution in [0.15, 0.2) is 48.5 Å². The van der Waals surface area contributed by atoms with Gasteiger partial charge in [-0.05, 0) is 62.1 Å². The molecule has 0 radical (unpaired) electrons. The lowest BCUT2D eigenvalue weighted by molar-refractivity contribution is 0.102. The number of ether oxygens (including phenoxy) is 2. The van der Waals surface area contributed by atoms with Gasteiger partial charge in [-0.2, -0.15) is 0 Å². The normalized spacial score (nSPS) is 11.9. The van der Waals surface area contributed by atoms with Crippen molar-refractivity contribution in [3.8, 4) is 11.5 Å². The summed E-state index contributed by atoms with van der Waals surface area (Å²) in [4.78, 5) is 12.4. The van der Waals surface area contributed by atoms with E-state index in [1.54, 1.807) is 12.1 Å². The Morgan fingerprint density at radius 3 is 2.42 bits per heavy atom. The van der Waals surface area contributed by atoms with Gasteiger partial charge in [-0.1, -0.05) is 26.8 Å². The fourth-order valence-corrected chi connectivity index (χ4v) is 2.28. The minimum atomic E-state index is -0.153. The molecule has 26 heavy (non-hydrogen) atoms. The van der Waals surface area contributed by atoms with E-state index in [4.69, 9.17) is 9.47 Å². The van der Waals surface area contributed by atoms with Crippen LogP contribution in [0.3, 0.4) is 0 Å². The van der Waals surface area contributed by atoms with Crippen molar-refractivity contribution in [2.45, 2.75) is 46.6 Å². The summed E-state index contributed by atoms with van der Waals surface area (Å²) in [5.41, 5.74) is 1.31. The first-order chi connectivity index (χ1) is 12.5. The monoisotopic (exact) mass is 355 g/mol. The number of carbonyl (C=O) groups is 1. The predicted molar refractivity (Wildman–Crippen MR) is 106 cm³/mol. The topological polar surface area (TPSA) is 47.6 Å². The Hall–Kier alpha value is -2.49. The lowest BCUT2D eigenvalue weighted by Crippen LogP contribution is -2.13. The molecule has 0 aromatic heterocycles. The Kier molecular flexibility index (Phi) is 7.52. The number of nitrogens with one attached hydrogen (secondary N) is 1. The van der Waals surface area contributed by atoms with Gasteiger partial charge in [-0.3, -0.25) is 4.79 Å². The quantitative estimate of drug-likeness (QED) is 0.642. The molecule has 0 heterocycles. The highest BCUT2D eigenvalue weighted by molar-refractivity contribution is 6.04. The lowest BCUT2D eigenvalue weighted by Gasteiger charge is -2.13. The SMILES string of the molecule is CCC(C)Oc1ccc(C(=O)Nc2cccc(OCCC(C)C)c2)cc1. The fraction of sp³-hybridized carbons (Fsp3) is 0.409. The second-order valence-corrected chi connectivity index (χ2v) is 6.87. The smallest absolute Gasteiger partial charge is 0.255 e. The van der Waals surface area contributed by atoms with Gasteiger partial charge in [0, 0.05) is 17.3 Å². The molecule has 2 aromatic rings. The van der Waals surface area contributed by atoms with E-state index in [-0.39, 0.29) is 12.0 Å². The summed E-state index contributed by atoms with van der Waals surface area (Å²) in [6, 6.07) is 14.7. The molecule has 0 aliphatic rings. The average Bonchev–Trinajstić information content (AvgIpc) is 2.62. The van der Waals surface area contributed by atoms with Crippen LogP contribution in [0.4, 0.5) is 5.69 Å². The Bertz CT molecular complexity index is 695. The van der Waals surface area contributed by atoms with Crippen LogP contribution in [-0.2, 0) is 0 Å². The molecule has 4 nitrogen and oxygen atoms in total. The van der Waals surface area contributed by atoms with Crippen LogP contribution in [0.25, 0.3) is 0 Å². The highest BCUT2D eigenvalue weighted by Gasteiger charge is 2.08. The van der Waals surface area contributed by atoms with Crippen molar-refractivity contribution in [2.75, 3.05) is 11.9 Å². The maximum absolute atomic E-state index is 12.4. The van der Waals surface area contributed by atoms with E-state index in [9.17, 15) is 4.79 Å². The fourth-order valence-electron chi connectivity index (χ4n) is 2.28. The second-order valence-electron chi connectivity index (χ2n) is 6.87. The zero-order valence-corrected chi connectivity index (χ0v) is 16.1. The van der Waals surface area contributed by atoms with Crippen LogP contribution in [0.5, 0.6) is 11.5 Å². The molecule has 0 bridgehead atoms. The molecule has 0 saturated heterocycles. The molecule has 2 aromatic carbocycles. The largest absolute Gasteiger partial charge is 0.494 e. The number of hydrogen-bond donors (Lipinski definition) is 1. The maximum Gasteiger partial charge on any atom is 0.255 e. The van der Waals surface area contributed by atoms with E-state index in [1.807, 2.05) is 43.3 Å². The van der Waals surface area contributed by atoms with E-state index in [0.717, 1.165) is 30.0 Å². The van der Waals surface area contributed by atoms with Crippen LogP contribution >= 0.6 is 0 Å². The molecule has 2 rings (SSSR count). The van der Waals surface area contributed by atoms with Crippen LogP contribution in [0, 0.1) is 5.92 Å². The van der Waals surface area contributed by atoms with Crippen molar-refractivity contribution in [2.24, 2.45) is 5.92 Å². The van der Waals surface area contributed by atoms with Crippen molar-refractivity contribution >= 4 is 11.6 Å². The predicted octanol–water partition coefficient (Wildman–Crippen LogP) is 5.54. The summed E-state index contributed by atoms with van der Waals surface area (Å²) in [6.45, 7) is 9.11. The van der Waals surface area contributed by atoms with Gasteiger partial charge >= 0.3 is 0 Å². The van der Waals surface area contributed by atoms with Crippen LogP contribution in [0.1, 0.15) is 50.9 Å². The molecule has 4 heteroatoms. The molecule has 0 aliphatic carbocycles. The second kappa shape index (κ2) is 9.85. The number of anilines is 1. The molecular formula is C22H29NO3. The standard InChI is InChI=1S/C22H29NO3/c1-5-17(4)26-20-11-9-18(10-12-20)22(24)23-19-7-6-8-21(15-19)25-14-13-16(2)3/h6-12,15-17H,5,13-14H2,1-4H3,(H,23,24). The lowest BCUT2D eigenvalue weighted by atomic mass is 10.1. The molecule has 0 fully saturated rings. The third-order valence-electron chi connectivity index (χ3n) is 4.08. The van der Waals surface area contributed by atoms with E-state index >= 15 is 0 Å². The summed E-state index contributed by atoms with van der Waals surface area (Å²) < 4.78 is 11.5. The van der Waals surface area contributed by atoms with Crippen LogP contribution in [0.2, 0.25) is 0 Å². The third kappa shape index (κ3) is 6.43. The van der Waals surface area contributed by atoms with Gasteiger partial charge in [0.15, 0.2) is 0 Å². The summed E-state index contributed by atoms with van der Waals surface area (Å²) in [5, 5.41) is 2.91. The Morgan fingerprint density at radius 2 is 1.77 bits per heavy atom. The minimum absolute atomic E-state index is 0.153. The Labute approximate surface area is 156 Å². The number of rotatable bonds is 9. The molecule has 1 amide bonds. The van der Waals surface area contributed by atoms with Crippen molar-refractivity contribution < 1.29 is 14.3 Å². The van der Waals surface area contributed by atoms with Gasteiger partial charge in [0.2, 0.25) is 0 Å². The van der Waals surface area contributed by atoms with Gasteiger partial charge in [0.05, 0.1) is 12.7 Å². The van der Waals surface area contributed by atoms with E-state index < -0.39 is 0 Å². The van der Waals surface area contributed by atoms with Crippen molar-refractivity contribution in [1.82, 2.24) is 0 Å². The molecule has 1 unspecified atom stereocenters. The third-order valence-corrected chi connectivity index (χ3v) is 4.08. The van der Waals surface area contributed by atoms with Gasteiger partial charge in [-0.15, -0.1) is 0 Å². The number of hydrogen-bond acceptors (Lipinski definition) is 3. The molecular weight excluding hydrogens is 326 g/mol. The van der Waals surface area contributed by atoms with Crippen molar-refractivity contribution in [3.63, 3.8) is 0 Å². The molecule has 1 N–H and O–H groups in total. The van der Waals surface area contributed by atoms with Gasteiger partial charge < -0.3 is 14.8 Å². The first kappa shape index (κ1) is 19.8. The average molecular weight is 355 g/mol. The highest BCUT2D eigenvalue weighted by Crippen LogP contribution is 2.20. The number of carbonyl (C=O) groups excluding carboxylic acids is 1.